The maximum Gasteiger partial charge on any atom is 0.264 e. The van der Waals surface area contributed by atoms with Crippen LogP contribution in [0, 0.1) is 5.82 Å². The molecule has 9 heteroatoms. The molecule has 2 aromatic carbocycles. The Hall–Kier alpha value is -2.71. The van der Waals surface area contributed by atoms with Crippen molar-refractivity contribution in [2.24, 2.45) is 5.73 Å². The first kappa shape index (κ1) is 17.1. The van der Waals surface area contributed by atoms with E-state index in [1.807, 2.05) is 0 Å². The lowest BCUT2D eigenvalue weighted by molar-refractivity contribution is -0.118. The summed E-state index contributed by atoms with van der Waals surface area (Å²) >= 11 is 6.99. The van der Waals surface area contributed by atoms with E-state index in [0.717, 1.165) is 11.3 Å². The largest absolute Gasteiger partial charge is 0.483 e. The van der Waals surface area contributed by atoms with Crippen molar-refractivity contribution in [3.63, 3.8) is 0 Å². The van der Waals surface area contributed by atoms with Crippen LogP contribution in [0.25, 0.3) is 10.2 Å². The number of nitrogens with zero attached hydrogens (tertiary/aromatic N) is 1. The summed E-state index contributed by atoms with van der Waals surface area (Å²) in [4.78, 5) is 27.5. The van der Waals surface area contributed by atoms with Crippen molar-refractivity contribution in [1.29, 1.82) is 0 Å². The number of carbonyl (C=O) groups excluding carboxylic acids is 2. The number of halogens is 2. The van der Waals surface area contributed by atoms with E-state index in [-0.39, 0.29) is 23.7 Å². The number of benzene rings is 2. The summed E-state index contributed by atoms with van der Waals surface area (Å²) < 4.78 is 19.1. The number of rotatable bonds is 5. The molecular weight excluding hydrogens is 369 g/mol. The summed E-state index contributed by atoms with van der Waals surface area (Å²) in [6, 6.07) is 8.47. The second-order valence-corrected chi connectivity index (χ2v) is 6.44. The van der Waals surface area contributed by atoms with Crippen molar-refractivity contribution in [2.75, 3.05) is 11.9 Å². The molecule has 0 aliphatic rings. The third-order valence-corrected chi connectivity index (χ3v) is 4.33. The SMILES string of the molecule is NC(=O)c1ccc(Cl)cc1OCC(=O)Nc1nc2ccc(F)cc2s1. The fourth-order valence-corrected chi connectivity index (χ4v) is 3.14. The van der Waals surface area contributed by atoms with E-state index < -0.39 is 11.8 Å². The molecule has 3 N–H and O–H groups in total. The van der Waals surface area contributed by atoms with Crippen molar-refractivity contribution in [2.45, 2.75) is 0 Å². The van der Waals surface area contributed by atoms with E-state index in [9.17, 15) is 14.0 Å². The maximum absolute atomic E-state index is 13.2. The molecule has 0 aliphatic carbocycles. The lowest BCUT2D eigenvalue weighted by Gasteiger charge is -2.09. The number of primary amides is 1. The van der Waals surface area contributed by atoms with Gasteiger partial charge in [-0.2, -0.15) is 0 Å². The van der Waals surface area contributed by atoms with Crippen LogP contribution >= 0.6 is 22.9 Å². The van der Waals surface area contributed by atoms with Crippen molar-refractivity contribution < 1.29 is 18.7 Å². The smallest absolute Gasteiger partial charge is 0.264 e. The van der Waals surface area contributed by atoms with Crippen LogP contribution in [0.1, 0.15) is 10.4 Å². The first-order valence-electron chi connectivity index (χ1n) is 7.00. The Morgan fingerprint density at radius 3 is 2.84 bits per heavy atom. The second-order valence-electron chi connectivity index (χ2n) is 4.97. The van der Waals surface area contributed by atoms with E-state index >= 15 is 0 Å². The topological polar surface area (TPSA) is 94.3 Å². The van der Waals surface area contributed by atoms with Crippen LogP contribution in [0.3, 0.4) is 0 Å². The van der Waals surface area contributed by atoms with Crippen LogP contribution in [0.2, 0.25) is 5.02 Å². The van der Waals surface area contributed by atoms with Gasteiger partial charge in [0.05, 0.1) is 15.8 Å². The average molecular weight is 380 g/mol. The molecule has 0 fully saturated rings. The third kappa shape index (κ3) is 4.04. The van der Waals surface area contributed by atoms with Gasteiger partial charge in [-0.15, -0.1) is 0 Å². The molecule has 0 saturated carbocycles. The zero-order valence-corrected chi connectivity index (χ0v) is 14.2. The van der Waals surface area contributed by atoms with Crippen molar-refractivity contribution >= 4 is 50.1 Å². The molecule has 1 heterocycles. The number of fused-ring (bicyclic) bond motifs is 1. The Bertz CT molecular complexity index is 976. The highest BCUT2D eigenvalue weighted by Crippen LogP contribution is 2.27. The molecule has 2 amide bonds. The Morgan fingerprint density at radius 1 is 1.28 bits per heavy atom. The van der Waals surface area contributed by atoms with Crippen molar-refractivity contribution in [3.05, 3.63) is 52.8 Å². The average Bonchev–Trinajstić information content (AvgIpc) is 2.93. The minimum Gasteiger partial charge on any atom is -0.483 e. The predicted octanol–water partition coefficient (Wildman–Crippen LogP) is 3.21. The van der Waals surface area contributed by atoms with Gasteiger partial charge in [-0.3, -0.25) is 14.9 Å². The van der Waals surface area contributed by atoms with Crippen LogP contribution in [-0.2, 0) is 4.79 Å². The van der Waals surface area contributed by atoms with Gasteiger partial charge in [0.25, 0.3) is 11.8 Å². The molecule has 0 bridgehead atoms. The molecular formula is C16H11ClFN3O3S. The molecule has 1 aromatic heterocycles. The highest BCUT2D eigenvalue weighted by atomic mass is 35.5. The summed E-state index contributed by atoms with van der Waals surface area (Å²) in [5, 5.41) is 3.21. The molecule has 0 radical (unpaired) electrons. The lowest BCUT2D eigenvalue weighted by atomic mass is 10.2. The van der Waals surface area contributed by atoms with E-state index in [0.29, 0.717) is 20.4 Å². The Kier molecular flexibility index (Phi) is 4.82. The molecule has 0 spiro atoms. The number of amides is 2. The summed E-state index contributed by atoms with van der Waals surface area (Å²) in [6.07, 6.45) is 0. The van der Waals surface area contributed by atoms with Crippen molar-refractivity contribution in [3.8, 4) is 5.75 Å². The van der Waals surface area contributed by atoms with Crippen LogP contribution < -0.4 is 15.8 Å². The molecule has 0 saturated heterocycles. The number of nitrogens with two attached hydrogens (primary N) is 1. The van der Waals surface area contributed by atoms with Gasteiger partial charge < -0.3 is 10.5 Å². The van der Waals surface area contributed by atoms with Gasteiger partial charge in [-0.25, -0.2) is 9.37 Å². The summed E-state index contributed by atoms with van der Waals surface area (Å²) in [5.74, 6) is -1.45. The van der Waals surface area contributed by atoms with Crippen LogP contribution in [-0.4, -0.2) is 23.4 Å². The van der Waals surface area contributed by atoms with Gasteiger partial charge in [0, 0.05) is 5.02 Å². The third-order valence-electron chi connectivity index (χ3n) is 3.16. The van der Waals surface area contributed by atoms with Gasteiger partial charge in [0.2, 0.25) is 0 Å². The number of anilines is 1. The molecule has 0 aliphatic heterocycles. The fourth-order valence-electron chi connectivity index (χ4n) is 2.07. The lowest BCUT2D eigenvalue weighted by Crippen LogP contribution is -2.21. The molecule has 6 nitrogen and oxygen atoms in total. The Morgan fingerprint density at radius 2 is 2.08 bits per heavy atom. The monoisotopic (exact) mass is 379 g/mol. The van der Waals surface area contributed by atoms with Gasteiger partial charge in [-0.1, -0.05) is 22.9 Å². The molecule has 0 unspecified atom stereocenters. The predicted molar refractivity (Wildman–Crippen MR) is 93.7 cm³/mol. The van der Waals surface area contributed by atoms with E-state index in [4.69, 9.17) is 22.1 Å². The number of thiazole rings is 1. The van der Waals surface area contributed by atoms with Gasteiger partial charge in [0.1, 0.15) is 11.6 Å². The number of hydrogen-bond donors (Lipinski definition) is 2. The minimum atomic E-state index is -0.694. The molecule has 128 valence electrons. The number of ether oxygens (including phenoxy) is 1. The number of hydrogen-bond acceptors (Lipinski definition) is 5. The molecule has 3 rings (SSSR count). The normalized spacial score (nSPS) is 10.6. The quantitative estimate of drug-likeness (QED) is 0.711. The standard InChI is InChI=1S/C16H11ClFN3O3S/c17-8-1-3-10(15(19)23)12(5-8)24-7-14(22)21-16-20-11-4-2-9(18)6-13(11)25-16/h1-6H,7H2,(H2,19,23)(H,20,21,22). The van der Waals surface area contributed by atoms with E-state index in [2.05, 4.69) is 10.3 Å². The van der Waals surface area contributed by atoms with Crippen LogP contribution in [0.5, 0.6) is 5.75 Å². The molecule has 25 heavy (non-hydrogen) atoms. The summed E-state index contributed by atoms with van der Waals surface area (Å²) in [6.45, 7) is -0.370. The van der Waals surface area contributed by atoms with Crippen LogP contribution in [0.15, 0.2) is 36.4 Å². The van der Waals surface area contributed by atoms with Crippen LogP contribution in [0.4, 0.5) is 9.52 Å². The minimum absolute atomic E-state index is 0.113. The number of nitrogens with one attached hydrogen (secondary N) is 1. The van der Waals surface area contributed by atoms with Gasteiger partial charge in [0.15, 0.2) is 11.7 Å². The van der Waals surface area contributed by atoms with E-state index in [1.165, 1.54) is 36.4 Å². The second kappa shape index (κ2) is 7.04. The molecule has 3 aromatic rings. The first-order valence-corrected chi connectivity index (χ1v) is 8.20. The van der Waals surface area contributed by atoms with Gasteiger partial charge in [-0.05, 0) is 36.4 Å². The Balaban J connectivity index is 1.68. The van der Waals surface area contributed by atoms with Gasteiger partial charge >= 0.3 is 0 Å². The highest BCUT2D eigenvalue weighted by molar-refractivity contribution is 7.22. The van der Waals surface area contributed by atoms with E-state index in [1.54, 1.807) is 0 Å². The first-order chi connectivity index (χ1) is 11.9. The maximum atomic E-state index is 13.2. The van der Waals surface area contributed by atoms with Crippen molar-refractivity contribution in [1.82, 2.24) is 4.98 Å². The summed E-state index contributed by atoms with van der Waals surface area (Å²) in [5.41, 5.74) is 5.94. The summed E-state index contributed by atoms with van der Waals surface area (Å²) in [7, 11) is 0. The highest BCUT2D eigenvalue weighted by Gasteiger charge is 2.13. The zero-order valence-electron chi connectivity index (χ0n) is 12.6. The fraction of sp³-hybridized carbons (Fsp3) is 0.0625. The Labute approximate surface area is 150 Å². The zero-order chi connectivity index (χ0) is 18.0. The number of carbonyl (C=O) groups is 2. The molecule has 0 atom stereocenters. The number of aromatic nitrogens is 1.